The molecule has 5 nitrogen and oxygen atoms in total. The standard InChI is InChI=1S/C13H18O5/c1-4-8-6-9(11(14)10(7-8)17-3)12(15)13(16)18-5-2/h6-7,12,14-15H,4-5H2,1-3H3. The van der Waals surface area contributed by atoms with Crippen molar-refractivity contribution >= 4 is 5.97 Å². The monoisotopic (exact) mass is 254 g/mol. The molecule has 0 spiro atoms. The first-order valence-electron chi connectivity index (χ1n) is 5.79. The summed E-state index contributed by atoms with van der Waals surface area (Å²) in [7, 11) is 1.41. The number of methoxy groups -OCH3 is 1. The quantitative estimate of drug-likeness (QED) is 0.780. The smallest absolute Gasteiger partial charge is 0.339 e. The number of aliphatic hydroxyl groups is 1. The second-order valence-electron chi connectivity index (χ2n) is 3.74. The van der Waals surface area contributed by atoms with E-state index in [1.165, 1.54) is 7.11 Å². The lowest BCUT2D eigenvalue weighted by Gasteiger charge is -2.15. The molecular weight excluding hydrogens is 236 g/mol. The maximum Gasteiger partial charge on any atom is 0.339 e. The average molecular weight is 254 g/mol. The van der Waals surface area contributed by atoms with Crippen molar-refractivity contribution < 1.29 is 24.5 Å². The Hall–Kier alpha value is -1.75. The van der Waals surface area contributed by atoms with Gasteiger partial charge in [-0.2, -0.15) is 0 Å². The summed E-state index contributed by atoms with van der Waals surface area (Å²) >= 11 is 0. The Labute approximate surface area is 106 Å². The Morgan fingerprint density at radius 1 is 1.39 bits per heavy atom. The predicted molar refractivity (Wildman–Crippen MR) is 65.6 cm³/mol. The van der Waals surface area contributed by atoms with Crippen LogP contribution < -0.4 is 4.74 Å². The molecule has 0 bridgehead atoms. The molecule has 0 radical (unpaired) electrons. The van der Waals surface area contributed by atoms with Crippen molar-refractivity contribution in [2.45, 2.75) is 26.4 Å². The van der Waals surface area contributed by atoms with Gasteiger partial charge >= 0.3 is 5.97 Å². The number of hydrogen-bond acceptors (Lipinski definition) is 5. The molecule has 1 atom stereocenters. The van der Waals surface area contributed by atoms with Crippen LogP contribution in [0.2, 0.25) is 0 Å². The van der Waals surface area contributed by atoms with Crippen LogP contribution in [0.3, 0.4) is 0 Å². The molecule has 0 saturated heterocycles. The van der Waals surface area contributed by atoms with Crippen LogP contribution >= 0.6 is 0 Å². The van der Waals surface area contributed by atoms with E-state index in [2.05, 4.69) is 0 Å². The van der Waals surface area contributed by atoms with E-state index in [-0.39, 0.29) is 23.7 Å². The van der Waals surface area contributed by atoms with E-state index in [0.717, 1.165) is 5.56 Å². The number of benzene rings is 1. The number of aromatic hydroxyl groups is 1. The molecule has 0 heterocycles. The molecule has 1 aromatic carbocycles. The van der Waals surface area contributed by atoms with Gasteiger partial charge in [0, 0.05) is 5.56 Å². The summed E-state index contributed by atoms with van der Waals surface area (Å²) < 4.78 is 9.72. The molecule has 0 amide bonds. The van der Waals surface area contributed by atoms with Gasteiger partial charge in [-0.1, -0.05) is 6.92 Å². The summed E-state index contributed by atoms with van der Waals surface area (Å²) in [6.45, 7) is 3.74. The first-order valence-corrected chi connectivity index (χ1v) is 5.79. The Kier molecular flexibility index (Phi) is 4.97. The fourth-order valence-corrected chi connectivity index (χ4v) is 1.61. The molecule has 0 aromatic heterocycles. The number of ether oxygens (including phenoxy) is 2. The number of aliphatic hydroxyl groups excluding tert-OH is 1. The first kappa shape index (κ1) is 14.3. The molecule has 0 aliphatic carbocycles. The van der Waals surface area contributed by atoms with Crippen LogP contribution in [0.4, 0.5) is 0 Å². The molecule has 5 heteroatoms. The largest absolute Gasteiger partial charge is 0.504 e. The second-order valence-corrected chi connectivity index (χ2v) is 3.74. The van der Waals surface area contributed by atoms with E-state index in [0.29, 0.717) is 6.42 Å². The third-order valence-corrected chi connectivity index (χ3v) is 2.60. The highest BCUT2D eigenvalue weighted by Crippen LogP contribution is 2.35. The number of esters is 1. The Balaban J connectivity index is 3.17. The molecule has 0 aliphatic rings. The number of rotatable bonds is 5. The van der Waals surface area contributed by atoms with Crippen molar-refractivity contribution in [1.29, 1.82) is 0 Å². The van der Waals surface area contributed by atoms with Gasteiger partial charge < -0.3 is 19.7 Å². The van der Waals surface area contributed by atoms with Gasteiger partial charge in [0.1, 0.15) is 0 Å². The summed E-state index contributed by atoms with van der Waals surface area (Å²) in [4.78, 5) is 11.5. The predicted octanol–water partition coefficient (Wildman–Crippen LogP) is 1.56. The molecular formula is C13H18O5. The Morgan fingerprint density at radius 2 is 2.06 bits per heavy atom. The summed E-state index contributed by atoms with van der Waals surface area (Å²) in [5.41, 5.74) is 0.952. The summed E-state index contributed by atoms with van der Waals surface area (Å²) in [6.07, 6.45) is -0.815. The molecule has 0 saturated carbocycles. The topological polar surface area (TPSA) is 76.0 Å². The van der Waals surface area contributed by atoms with Crippen LogP contribution in [0, 0.1) is 0 Å². The molecule has 18 heavy (non-hydrogen) atoms. The van der Waals surface area contributed by atoms with Crippen molar-refractivity contribution in [1.82, 2.24) is 0 Å². The maximum absolute atomic E-state index is 11.5. The van der Waals surface area contributed by atoms with Crippen molar-refractivity contribution in [3.8, 4) is 11.5 Å². The third-order valence-electron chi connectivity index (χ3n) is 2.60. The van der Waals surface area contributed by atoms with Gasteiger partial charge in [0.2, 0.25) is 0 Å². The van der Waals surface area contributed by atoms with Crippen molar-refractivity contribution in [2.24, 2.45) is 0 Å². The number of carbonyl (C=O) groups excluding carboxylic acids is 1. The lowest BCUT2D eigenvalue weighted by atomic mass is 10.0. The van der Waals surface area contributed by atoms with Gasteiger partial charge in [-0.15, -0.1) is 0 Å². The summed E-state index contributed by atoms with van der Waals surface area (Å²) in [6, 6.07) is 3.23. The van der Waals surface area contributed by atoms with Gasteiger partial charge in [-0.05, 0) is 31.0 Å². The van der Waals surface area contributed by atoms with Crippen LogP contribution in [-0.4, -0.2) is 29.9 Å². The van der Waals surface area contributed by atoms with Gasteiger partial charge in [0.25, 0.3) is 0 Å². The van der Waals surface area contributed by atoms with E-state index in [9.17, 15) is 15.0 Å². The lowest BCUT2D eigenvalue weighted by Crippen LogP contribution is -2.16. The van der Waals surface area contributed by atoms with Crippen LogP contribution in [0.5, 0.6) is 11.5 Å². The van der Waals surface area contributed by atoms with Crippen molar-refractivity contribution in [2.75, 3.05) is 13.7 Å². The highest BCUT2D eigenvalue weighted by Gasteiger charge is 2.24. The van der Waals surface area contributed by atoms with Crippen LogP contribution in [0.1, 0.15) is 31.1 Å². The number of hydrogen-bond donors (Lipinski definition) is 2. The molecule has 1 rings (SSSR count). The molecule has 0 fully saturated rings. The maximum atomic E-state index is 11.5. The first-order chi connectivity index (χ1) is 8.54. The van der Waals surface area contributed by atoms with Gasteiger partial charge in [-0.3, -0.25) is 0 Å². The van der Waals surface area contributed by atoms with Crippen LogP contribution in [0.15, 0.2) is 12.1 Å². The molecule has 2 N–H and O–H groups in total. The zero-order valence-electron chi connectivity index (χ0n) is 10.8. The highest BCUT2D eigenvalue weighted by atomic mass is 16.5. The molecule has 1 unspecified atom stereocenters. The normalized spacial score (nSPS) is 12.0. The van der Waals surface area contributed by atoms with E-state index < -0.39 is 12.1 Å². The molecule has 0 aliphatic heterocycles. The van der Waals surface area contributed by atoms with E-state index >= 15 is 0 Å². The Bertz CT molecular complexity index is 428. The average Bonchev–Trinajstić information content (AvgIpc) is 2.38. The molecule has 100 valence electrons. The summed E-state index contributed by atoms with van der Waals surface area (Å²) in [5, 5.41) is 19.8. The Morgan fingerprint density at radius 3 is 2.56 bits per heavy atom. The van der Waals surface area contributed by atoms with Gasteiger partial charge in [0.05, 0.1) is 13.7 Å². The second kappa shape index (κ2) is 6.26. The number of aryl methyl sites for hydroxylation is 1. The van der Waals surface area contributed by atoms with Crippen molar-refractivity contribution in [3.63, 3.8) is 0 Å². The highest BCUT2D eigenvalue weighted by molar-refractivity contribution is 5.78. The third kappa shape index (κ3) is 2.92. The van der Waals surface area contributed by atoms with Crippen molar-refractivity contribution in [3.05, 3.63) is 23.3 Å². The SMILES string of the molecule is CCOC(=O)C(O)c1cc(CC)cc(OC)c1O. The lowest BCUT2D eigenvalue weighted by molar-refractivity contribution is -0.153. The minimum absolute atomic E-state index is 0.102. The number of phenols is 1. The minimum Gasteiger partial charge on any atom is -0.504 e. The number of carbonyl (C=O) groups is 1. The fraction of sp³-hybridized carbons (Fsp3) is 0.462. The number of phenolic OH excluding ortho intramolecular Hbond substituents is 1. The zero-order valence-corrected chi connectivity index (χ0v) is 10.8. The van der Waals surface area contributed by atoms with E-state index in [4.69, 9.17) is 9.47 Å². The zero-order chi connectivity index (χ0) is 13.7. The minimum atomic E-state index is -1.51. The van der Waals surface area contributed by atoms with E-state index in [1.807, 2.05) is 6.92 Å². The summed E-state index contributed by atoms with van der Waals surface area (Å²) in [5.74, 6) is -0.800. The van der Waals surface area contributed by atoms with Gasteiger partial charge in [0.15, 0.2) is 17.6 Å². The molecule has 1 aromatic rings. The fourth-order valence-electron chi connectivity index (χ4n) is 1.61. The van der Waals surface area contributed by atoms with Gasteiger partial charge in [-0.25, -0.2) is 4.79 Å². The van der Waals surface area contributed by atoms with E-state index in [1.54, 1.807) is 19.1 Å². The van der Waals surface area contributed by atoms with Crippen LogP contribution in [0.25, 0.3) is 0 Å². The van der Waals surface area contributed by atoms with Crippen LogP contribution in [-0.2, 0) is 16.0 Å².